The van der Waals surface area contributed by atoms with Crippen molar-refractivity contribution in [2.75, 3.05) is 0 Å². The molecule has 1 fully saturated rings. The first kappa shape index (κ1) is 14.3. The summed E-state index contributed by atoms with van der Waals surface area (Å²) in [5.41, 5.74) is 0.799. The molecule has 1 unspecified atom stereocenters. The van der Waals surface area contributed by atoms with Gasteiger partial charge in [0, 0.05) is 17.9 Å². The van der Waals surface area contributed by atoms with Crippen LogP contribution < -0.4 is 5.32 Å². The number of nitro benzene ring substituents is 1. The van der Waals surface area contributed by atoms with Crippen LogP contribution in [-0.2, 0) is 9.59 Å². The number of non-ortho nitro benzene ring substituents is 1. The molecule has 1 saturated heterocycles. The van der Waals surface area contributed by atoms with Crippen molar-refractivity contribution in [3.8, 4) is 0 Å². The summed E-state index contributed by atoms with van der Waals surface area (Å²) in [6, 6.07) is 8.07. The molecule has 1 N–H and O–H groups in total. The lowest BCUT2D eigenvalue weighted by atomic mass is 9.92. The highest BCUT2D eigenvalue weighted by Gasteiger charge is 2.32. The van der Waals surface area contributed by atoms with Crippen molar-refractivity contribution in [1.29, 1.82) is 0 Å². The highest BCUT2D eigenvalue weighted by atomic mass is 16.6. The second-order valence-corrected chi connectivity index (χ2v) is 5.68. The Balaban J connectivity index is 1.89. The van der Waals surface area contributed by atoms with Gasteiger partial charge in [-0.05, 0) is 23.9 Å². The quantitative estimate of drug-likeness (QED) is 0.439. The molecule has 8 nitrogen and oxygen atoms in total. The normalized spacial score (nSPS) is 18.1. The minimum atomic E-state index is -0.569. The molecule has 1 aromatic heterocycles. The van der Waals surface area contributed by atoms with Crippen LogP contribution in [0.3, 0.4) is 0 Å². The summed E-state index contributed by atoms with van der Waals surface area (Å²) in [7, 11) is 0. The zero-order valence-electron chi connectivity index (χ0n) is 12.3. The highest BCUT2D eigenvalue weighted by Crippen LogP contribution is 2.35. The predicted molar refractivity (Wildman–Crippen MR) is 83.3 cm³/mol. The van der Waals surface area contributed by atoms with Crippen molar-refractivity contribution in [3.05, 3.63) is 46.1 Å². The van der Waals surface area contributed by atoms with Gasteiger partial charge in [0.25, 0.3) is 5.69 Å². The van der Waals surface area contributed by atoms with Crippen molar-refractivity contribution in [3.63, 3.8) is 0 Å². The Morgan fingerprint density at radius 3 is 2.83 bits per heavy atom. The van der Waals surface area contributed by atoms with Gasteiger partial charge in [-0.3, -0.25) is 25.0 Å². The molecule has 0 aliphatic carbocycles. The number of piperidine rings is 1. The van der Waals surface area contributed by atoms with Gasteiger partial charge in [-0.1, -0.05) is 17.3 Å². The molecule has 0 saturated carbocycles. The summed E-state index contributed by atoms with van der Waals surface area (Å²) in [5.74, 6) is -1.27. The maximum Gasteiger partial charge on any atom is 0.277 e. The number of aromatic nitrogens is 1. The van der Waals surface area contributed by atoms with E-state index in [9.17, 15) is 19.7 Å². The van der Waals surface area contributed by atoms with E-state index in [4.69, 9.17) is 4.52 Å². The number of imide groups is 1. The Morgan fingerprint density at radius 1 is 1.25 bits per heavy atom. The standard InChI is InChI=1S/C16H11N3O5/c20-14-5-4-9(16(21)17-14)15-11-6-8-2-1-3-12(19(22)23)10(8)7-13(11)24-18-15/h1-3,6-7,9H,4-5H2,(H,17,20,21). The van der Waals surface area contributed by atoms with Gasteiger partial charge in [-0.2, -0.15) is 0 Å². The summed E-state index contributed by atoms with van der Waals surface area (Å²) in [4.78, 5) is 34.0. The fourth-order valence-corrected chi connectivity index (χ4v) is 3.08. The highest BCUT2D eigenvalue weighted by molar-refractivity contribution is 6.05. The Bertz CT molecular complexity index is 1020. The lowest BCUT2D eigenvalue weighted by molar-refractivity contribution is -0.383. The Labute approximate surface area is 134 Å². The minimum absolute atomic E-state index is 0.0200. The molecule has 24 heavy (non-hydrogen) atoms. The Morgan fingerprint density at radius 2 is 2.08 bits per heavy atom. The Hall–Kier alpha value is -3.29. The van der Waals surface area contributed by atoms with Gasteiger partial charge >= 0.3 is 0 Å². The molecule has 1 aliphatic rings. The molecule has 0 bridgehead atoms. The van der Waals surface area contributed by atoms with E-state index in [0.29, 0.717) is 33.9 Å². The zero-order valence-corrected chi connectivity index (χ0v) is 12.3. The number of nitro groups is 1. The van der Waals surface area contributed by atoms with E-state index in [1.807, 2.05) is 0 Å². The maximum atomic E-state index is 12.1. The van der Waals surface area contributed by atoms with Crippen molar-refractivity contribution >= 4 is 39.2 Å². The topological polar surface area (TPSA) is 115 Å². The SMILES string of the molecule is O=C1CCC(c2noc3cc4c([N+](=O)[O-])cccc4cc23)C(=O)N1. The molecular weight excluding hydrogens is 314 g/mol. The molecule has 2 aromatic carbocycles. The average molecular weight is 325 g/mol. The van der Waals surface area contributed by atoms with Crippen LogP contribution in [0, 0.1) is 10.1 Å². The molecule has 4 rings (SSSR count). The fourth-order valence-electron chi connectivity index (χ4n) is 3.08. The zero-order chi connectivity index (χ0) is 16.8. The van der Waals surface area contributed by atoms with E-state index < -0.39 is 16.7 Å². The van der Waals surface area contributed by atoms with Crippen LogP contribution >= 0.6 is 0 Å². The lowest BCUT2D eigenvalue weighted by Gasteiger charge is -2.18. The number of fused-ring (bicyclic) bond motifs is 2. The van der Waals surface area contributed by atoms with Gasteiger partial charge in [0.15, 0.2) is 5.58 Å². The molecule has 2 heterocycles. The number of benzene rings is 2. The summed E-state index contributed by atoms with van der Waals surface area (Å²) in [6.45, 7) is 0. The molecule has 3 aromatic rings. The van der Waals surface area contributed by atoms with Gasteiger partial charge in [-0.25, -0.2) is 0 Å². The van der Waals surface area contributed by atoms with E-state index >= 15 is 0 Å². The molecule has 120 valence electrons. The molecule has 2 amide bonds. The minimum Gasteiger partial charge on any atom is -0.356 e. The van der Waals surface area contributed by atoms with Gasteiger partial charge < -0.3 is 4.52 Å². The van der Waals surface area contributed by atoms with Crippen LogP contribution in [0.5, 0.6) is 0 Å². The van der Waals surface area contributed by atoms with Crippen LogP contribution in [0.2, 0.25) is 0 Å². The summed E-state index contributed by atoms with van der Waals surface area (Å²) in [6.07, 6.45) is 0.600. The molecule has 1 aliphatic heterocycles. The Kier molecular flexibility index (Phi) is 3.05. The number of carbonyl (C=O) groups is 2. The molecule has 0 radical (unpaired) electrons. The smallest absolute Gasteiger partial charge is 0.277 e. The number of nitrogens with zero attached hydrogens (tertiary/aromatic N) is 2. The van der Waals surface area contributed by atoms with Crippen LogP contribution in [0.1, 0.15) is 24.5 Å². The van der Waals surface area contributed by atoms with Crippen LogP contribution in [0.25, 0.3) is 21.7 Å². The molecule has 1 atom stereocenters. The van der Waals surface area contributed by atoms with Crippen LogP contribution in [0.4, 0.5) is 5.69 Å². The van der Waals surface area contributed by atoms with Gasteiger partial charge in [0.1, 0.15) is 5.69 Å². The largest absolute Gasteiger partial charge is 0.356 e. The van der Waals surface area contributed by atoms with Crippen molar-refractivity contribution < 1.29 is 19.0 Å². The van der Waals surface area contributed by atoms with Crippen LogP contribution in [-0.4, -0.2) is 21.9 Å². The first-order valence-corrected chi connectivity index (χ1v) is 7.35. The van der Waals surface area contributed by atoms with Crippen molar-refractivity contribution in [1.82, 2.24) is 10.5 Å². The summed E-state index contributed by atoms with van der Waals surface area (Å²) in [5, 5.41) is 19.2. The molecule has 8 heteroatoms. The number of hydrogen-bond donors (Lipinski definition) is 1. The van der Waals surface area contributed by atoms with E-state index in [2.05, 4.69) is 10.5 Å². The summed E-state index contributed by atoms with van der Waals surface area (Å²) < 4.78 is 5.28. The number of amides is 2. The number of nitrogens with one attached hydrogen (secondary N) is 1. The number of hydrogen-bond acceptors (Lipinski definition) is 6. The monoisotopic (exact) mass is 325 g/mol. The van der Waals surface area contributed by atoms with E-state index in [1.165, 1.54) is 6.07 Å². The van der Waals surface area contributed by atoms with Crippen molar-refractivity contribution in [2.24, 2.45) is 0 Å². The van der Waals surface area contributed by atoms with Gasteiger partial charge in [0.05, 0.1) is 16.2 Å². The predicted octanol–water partition coefficient (Wildman–Crippen LogP) is 2.41. The third kappa shape index (κ3) is 2.11. The first-order chi connectivity index (χ1) is 11.5. The van der Waals surface area contributed by atoms with Crippen molar-refractivity contribution in [2.45, 2.75) is 18.8 Å². The number of carbonyl (C=O) groups excluding carboxylic acids is 2. The third-order valence-electron chi connectivity index (χ3n) is 4.24. The fraction of sp³-hybridized carbons (Fsp3) is 0.188. The first-order valence-electron chi connectivity index (χ1n) is 7.35. The summed E-state index contributed by atoms with van der Waals surface area (Å²) >= 11 is 0. The lowest BCUT2D eigenvalue weighted by Crippen LogP contribution is -2.39. The number of rotatable bonds is 2. The third-order valence-corrected chi connectivity index (χ3v) is 4.24. The van der Waals surface area contributed by atoms with Crippen LogP contribution in [0.15, 0.2) is 34.9 Å². The van der Waals surface area contributed by atoms with E-state index in [1.54, 1.807) is 24.3 Å². The molecular formula is C16H11N3O5. The maximum absolute atomic E-state index is 12.1. The van der Waals surface area contributed by atoms with E-state index in [-0.39, 0.29) is 18.0 Å². The second kappa shape index (κ2) is 5.12. The molecule has 0 spiro atoms. The average Bonchev–Trinajstić information content (AvgIpc) is 2.95. The van der Waals surface area contributed by atoms with Gasteiger partial charge in [-0.15, -0.1) is 0 Å². The second-order valence-electron chi connectivity index (χ2n) is 5.68. The van der Waals surface area contributed by atoms with Gasteiger partial charge in [0.2, 0.25) is 11.8 Å². The van der Waals surface area contributed by atoms with E-state index in [0.717, 1.165) is 0 Å².